The van der Waals surface area contributed by atoms with Gasteiger partial charge in [-0.15, -0.1) is 0 Å². The molecule has 0 saturated carbocycles. The Kier molecular flexibility index (Phi) is 4.23. The van der Waals surface area contributed by atoms with Gasteiger partial charge in [0.15, 0.2) is 5.82 Å². The van der Waals surface area contributed by atoms with Gasteiger partial charge in [0, 0.05) is 36.3 Å². The minimum Gasteiger partial charge on any atom is -0.336 e. The van der Waals surface area contributed by atoms with E-state index in [9.17, 15) is 9.59 Å². The van der Waals surface area contributed by atoms with E-state index < -0.39 is 0 Å². The van der Waals surface area contributed by atoms with Gasteiger partial charge in [0.05, 0.1) is 5.69 Å². The molecule has 1 fully saturated rings. The molecule has 1 N–H and O–H groups in total. The first-order valence-electron chi connectivity index (χ1n) is 9.91. The molecule has 5 rings (SSSR count). The summed E-state index contributed by atoms with van der Waals surface area (Å²) in [6.07, 6.45) is 5.78. The number of H-pyrrole nitrogens is 1. The van der Waals surface area contributed by atoms with E-state index in [2.05, 4.69) is 15.2 Å². The Balaban J connectivity index is 1.47. The van der Waals surface area contributed by atoms with Crippen molar-refractivity contribution in [2.45, 2.75) is 31.1 Å². The van der Waals surface area contributed by atoms with Crippen molar-refractivity contribution in [2.24, 2.45) is 0 Å². The number of carbonyl (C=O) groups excluding carboxylic acids is 1. The Labute approximate surface area is 167 Å². The van der Waals surface area contributed by atoms with Crippen LogP contribution in [-0.4, -0.2) is 44.1 Å². The highest BCUT2D eigenvalue weighted by molar-refractivity contribution is 5.92. The van der Waals surface area contributed by atoms with E-state index in [1.165, 1.54) is 17.7 Å². The number of aryl methyl sites for hydroxylation is 1. The lowest BCUT2D eigenvalue weighted by Gasteiger charge is -2.40. The van der Waals surface area contributed by atoms with Gasteiger partial charge in [0.25, 0.3) is 11.5 Å². The number of benzene rings is 1. The van der Waals surface area contributed by atoms with Gasteiger partial charge in [-0.05, 0) is 37.3 Å². The Hall–Kier alpha value is -3.35. The van der Waals surface area contributed by atoms with Crippen LogP contribution in [0.3, 0.4) is 0 Å². The molecule has 1 aliphatic heterocycles. The topological polar surface area (TPSA) is 91.8 Å². The highest BCUT2D eigenvalue weighted by atomic mass is 16.2. The minimum absolute atomic E-state index is 0.141. The van der Waals surface area contributed by atoms with Crippen LogP contribution in [0.15, 0.2) is 53.5 Å². The molecule has 7 nitrogen and oxygen atoms in total. The number of nitrogens with zero attached hydrogens (tertiary/aromatic N) is 4. The summed E-state index contributed by atoms with van der Waals surface area (Å²) in [6, 6.07) is 12.8. The van der Waals surface area contributed by atoms with E-state index in [0.717, 1.165) is 42.8 Å². The number of nitrogens with one attached hydrogen (secondary N) is 1. The maximum Gasteiger partial charge on any atom is 0.274 e. The van der Waals surface area contributed by atoms with E-state index in [1.54, 1.807) is 0 Å². The predicted molar refractivity (Wildman–Crippen MR) is 107 cm³/mol. The zero-order valence-electron chi connectivity index (χ0n) is 16.0. The first kappa shape index (κ1) is 17.7. The summed E-state index contributed by atoms with van der Waals surface area (Å²) in [5.41, 5.74) is 3.08. The summed E-state index contributed by atoms with van der Waals surface area (Å²) in [5, 5.41) is 6.26. The zero-order valence-corrected chi connectivity index (χ0v) is 16.0. The van der Waals surface area contributed by atoms with Gasteiger partial charge in [-0.1, -0.05) is 30.3 Å². The fourth-order valence-electron chi connectivity index (χ4n) is 4.60. The van der Waals surface area contributed by atoms with E-state index >= 15 is 0 Å². The van der Waals surface area contributed by atoms with Crippen molar-refractivity contribution in [1.29, 1.82) is 0 Å². The first-order valence-corrected chi connectivity index (χ1v) is 9.91. The molecule has 2 aliphatic rings. The lowest BCUT2D eigenvalue weighted by Crippen LogP contribution is -2.48. The summed E-state index contributed by atoms with van der Waals surface area (Å²) in [7, 11) is 0. The average molecular weight is 387 g/mol. The fraction of sp³-hybridized carbons (Fsp3) is 0.318. The van der Waals surface area contributed by atoms with Crippen molar-refractivity contribution in [2.75, 3.05) is 13.1 Å². The fourth-order valence-corrected chi connectivity index (χ4v) is 4.60. The summed E-state index contributed by atoms with van der Waals surface area (Å²) in [5.74, 6) is 0.586. The number of rotatable bonds is 2. The van der Waals surface area contributed by atoms with Crippen LogP contribution in [0.5, 0.6) is 0 Å². The van der Waals surface area contributed by atoms with Gasteiger partial charge >= 0.3 is 0 Å². The monoisotopic (exact) mass is 387 g/mol. The molecule has 1 amide bonds. The number of amides is 1. The standard InChI is InChI=1S/C22H21N5O2/c28-18-8-7-17(25-26-18)21(29)27-12-4-10-22(14-27)11-9-16-13-23-20(24-19(16)22)15-5-2-1-3-6-15/h1-3,5-8,13H,4,9-12,14H2,(H,26,28). The molecule has 0 bridgehead atoms. The van der Waals surface area contributed by atoms with E-state index in [-0.39, 0.29) is 22.6 Å². The molecule has 146 valence electrons. The second-order valence-electron chi connectivity index (χ2n) is 7.85. The van der Waals surface area contributed by atoms with Crippen LogP contribution in [0.25, 0.3) is 11.4 Å². The Bertz CT molecular complexity index is 1100. The lowest BCUT2D eigenvalue weighted by molar-refractivity contribution is 0.0626. The van der Waals surface area contributed by atoms with Crippen LogP contribution in [-0.2, 0) is 11.8 Å². The van der Waals surface area contributed by atoms with Crippen molar-refractivity contribution in [1.82, 2.24) is 25.1 Å². The number of hydrogen-bond donors (Lipinski definition) is 1. The predicted octanol–water partition coefficient (Wildman–Crippen LogP) is 2.35. The molecule has 1 saturated heterocycles. The molecular formula is C22H21N5O2. The van der Waals surface area contributed by atoms with Crippen LogP contribution in [0, 0.1) is 0 Å². The summed E-state index contributed by atoms with van der Waals surface area (Å²) in [4.78, 5) is 35.6. The van der Waals surface area contributed by atoms with Crippen LogP contribution in [0.2, 0.25) is 0 Å². The van der Waals surface area contributed by atoms with E-state index in [4.69, 9.17) is 4.98 Å². The number of aromatic nitrogens is 4. The summed E-state index contributed by atoms with van der Waals surface area (Å²) in [6.45, 7) is 1.30. The SMILES string of the molecule is O=C(c1ccc(=O)[nH]n1)N1CCCC2(CCc3cnc(-c4ccccc4)nc32)C1. The molecule has 1 aromatic carbocycles. The van der Waals surface area contributed by atoms with Crippen molar-refractivity contribution in [3.8, 4) is 11.4 Å². The second-order valence-corrected chi connectivity index (χ2v) is 7.85. The smallest absolute Gasteiger partial charge is 0.274 e. The minimum atomic E-state index is -0.313. The largest absolute Gasteiger partial charge is 0.336 e. The Morgan fingerprint density at radius 3 is 2.76 bits per heavy atom. The van der Waals surface area contributed by atoms with Gasteiger partial charge in [0.2, 0.25) is 0 Å². The number of likely N-dealkylation sites (tertiary alicyclic amines) is 1. The van der Waals surface area contributed by atoms with Crippen molar-refractivity contribution < 1.29 is 4.79 Å². The van der Waals surface area contributed by atoms with E-state index in [0.29, 0.717) is 13.1 Å². The van der Waals surface area contributed by atoms with Crippen LogP contribution in [0.1, 0.15) is 41.0 Å². The number of fused-ring (bicyclic) bond motifs is 2. The van der Waals surface area contributed by atoms with Crippen LogP contribution < -0.4 is 5.56 Å². The molecular weight excluding hydrogens is 366 g/mol. The maximum absolute atomic E-state index is 13.0. The first-order chi connectivity index (χ1) is 14.1. The molecule has 7 heteroatoms. The van der Waals surface area contributed by atoms with Gasteiger partial charge in [-0.3, -0.25) is 9.59 Å². The molecule has 2 aromatic heterocycles. The molecule has 3 aromatic rings. The van der Waals surface area contributed by atoms with Gasteiger partial charge in [-0.25, -0.2) is 15.1 Å². The van der Waals surface area contributed by atoms with Crippen LogP contribution >= 0.6 is 0 Å². The highest BCUT2D eigenvalue weighted by Crippen LogP contribution is 2.44. The van der Waals surface area contributed by atoms with Crippen molar-refractivity contribution in [3.63, 3.8) is 0 Å². The zero-order chi connectivity index (χ0) is 19.8. The average Bonchev–Trinajstić information content (AvgIpc) is 3.11. The highest BCUT2D eigenvalue weighted by Gasteiger charge is 2.45. The van der Waals surface area contributed by atoms with Crippen molar-refractivity contribution in [3.05, 3.63) is 76.0 Å². The quantitative estimate of drug-likeness (QED) is 0.729. The van der Waals surface area contributed by atoms with E-state index in [1.807, 2.05) is 41.4 Å². The molecule has 29 heavy (non-hydrogen) atoms. The number of aromatic amines is 1. The van der Waals surface area contributed by atoms with Gasteiger partial charge in [-0.2, -0.15) is 5.10 Å². The number of piperidine rings is 1. The molecule has 0 radical (unpaired) electrons. The number of carbonyl (C=O) groups is 1. The third-order valence-electron chi connectivity index (χ3n) is 6.03. The van der Waals surface area contributed by atoms with Crippen LogP contribution in [0.4, 0.5) is 0 Å². The Morgan fingerprint density at radius 1 is 1.10 bits per heavy atom. The summed E-state index contributed by atoms with van der Waals surface area (Å²) < 4.78 is 0. The molecule has 1 aliphatic carbocycles. The molecule has 1 unspecified atom stereocenters. The van der Waals surface area contributed by atoms with Gasteiger partial charge < -0.3 is 4.90 Å². The molecule has 1 spiro atoms. The Morgan fingerprint density at radius 2 is 1.97 bits per heavy atom. The molecule has 1 atom stereocenters. The maximum atomic E-state index is 13.0. The normalized spacial score (nSPS) is 20.6. The van der Waals surface area contributed by atoms with Gasteiger partial charge in [0.1, 0.15) is 5.69 Å². The molecule has 3 heterocycles. The number of hydrogen-bond acceptors (Lipinski definition) is 5. The lowest BCUT2D eigenvalue weighted by atomic mass is 9.77. The third-order valence-corrected chi connectivity index (χ3v) is 6.03. The van der Waals surface area contributed by atoms with Crippen molar-refractivity contribution >= 4 is 5.91 Å². The second kappa shape index (κ2) is 6.92. The third kappa shape index (κ3) is 3.12. The summed E-state index contributed by atoms with van der Waals surface area (Å²) >= 11 is 0.